The summed E-state index contributed by atoms with van der Waals surface area (Å²) < 4.78 is 5.83. The minimum atomic E-state index is 0.131. The van der Waals surface area contributed by atoms with E-state index in [0.29, 0.717) is 16.5 Å². The lowest BCUT2D eigenvalue weighted by molar-refractivity contribution is 0.182. The lowest BCUT2D eigenvalue weighted by Gasteiger charge is -2.21. The molecule has 0 aliphatic rings. The first-order chi connectivity index (χ1) is 8.56. The molecule has 4 heteroatoms. The Morgan fingerprint density at radius 2 is 2.00 bits per heavy atom. The van der Waals surface area contributed by atoms with E-state index in [2.05, 4.69) is 25.7 Å². The van der Waals surface area contributed by atoms with Crippen molar-refractivity contribution in [3.05, 3.63) is 23.2 Å². The lowest BCUT2D eigenvalue weighted by atomic mass is 10.2. The van der Waals surface area contributed by atoms with Gasteiger partial charge in [0.1, 0.15) is 5.75 Å². The van der Waals surface area contributed by atoms with Gasteiger partial charge in [-0.05, 0) is 38.6 Å². The number of halogens is 1. The minimum Gasteiger partial charge on any atom is -0.488 e. The average Bonchev–Trinajstić information content (AvgIpc) is 2.35. The van der Waals surface area contributed by atoms with Crippen molar-refractivity contribution in [2.24, 2.45) is 0 Å². The molecule has 0 heterocycles. The van der Waals surface area contributed by atoms with Crippen LogP contribution < -0.4 is 10.5 Å². The fourth-order valence-electron chi connectivity index (χ4n) is 1.79. The topological polar surface area (TPSA) is 38.5 Å². The summed E-state index contributed by atoms with van der Waals surface area (Å²) in [5.41, 5.74) is 6.49. The monoisotopic (exact) mass is 270 g/mol. The van der Waals surface area contributed by atoms with Crippen molar-refractivity contribution >= 4 is 17.3 Å². The van der Waals surface area contributed by atoms with Crippen LogP contribution in [0.5, 0.6) is 5.75 Å². The van der Waals surface area contributed by atoms with Gasteiger partial charge in [-0.25, -0.2) is 0 Å². The molecule has 0 aliphatic heterocycles. The zero-order valence-electron chi connectivity index (χ0n) is 11.4. The molecule has 1 atom stereocenters. The van der Waals surface area contributed by atoms with E-state index in [-0.39, 0.29) is 6.10 Å². The van der Waals surface area contributed by atoms with E-state index in [4.69, 9.17) is 22.1 Å². The third kappa shape index (κ3) is 4.75. The molecule has 0 bridgehead atoms. The van der Waals surface area contributed by atoms with Crippen LogP contribution in [0.15, 0.2) is 18.2 Å². The largest absolute Gasteiger partial charge is 0.488 e. The summed E-state index contributed by atoms with van der Waals surface area (Å²) in [4.78, 5) is 2.38. The van der Waals surface area contributed by atoms with Crippen LogP contribution in [-0.2, 0) is 0 Å². The van der Waals surface area contributed by atoms with Crippen LogP contribution in [0, 0.1) is 0 Å². The Labute approximate surface area is 115 Å². The van der Waals surface area contributed by atoms with E-state index in [1.54, 1.807) is 18.2 Å². The van der Waals surface area contributed by atoms with Gasteiger partial charge >= 0.3 is 0 Å². The number of anilines is 1. The molecule has 0 saturated heterocycles. The predicted molar refractivity (Wildman–Crippen MR) is 78.4 cm³/mol. The Hall–Kier alpha value is -0.930. The molecule has 0 saturated carbocycles. The number of benzene rings is 1. The van der Waals surface area contributed by atoms with Gasteiger partial charge in [0.05, 0.1) is 11.8 Å². The van der Waals surface area contributed by atoms with Gasteiger partial charge in [-0.15, -0.1) is 0 Å². The highest BCUT2D eigenvalue weighted by Gasteiger charge is 2.09. The van der Waals surface area contributed by atoms with Crippen LogP contribution >= 0.6 is 11.6 Å². The van der Waals surface area contributed by atoms with Gasteiger partial charge in [-0.1, -0.05) is 25.4 Å². The van der Waals surface area contributed by atoms with Gasteiger partial charge in [0, 0.05) is 17.6 Å². The maximum absolute atomic E-state index is 5.93. The van der Waals surface area contributed by atoms with Gasteiger partial charge in [0.25, 0.3) is 0 Å². The molecule has 0 aromatic heterocycles. The normalized spacial score (nSPS) is 12.7. The third-order valence-corrected chi connectivity index (χ3v) is 3.29. The highest BCUT2D eigenvalue weighted by atomic mass is 35.5. The molecule has 1 unspecified atom stereocenters. The Bertz CT molecular complexity index is 367. The molecule has 0 spiro atoms. The summed E-state index contributed by atoms with van der Waals surface area (Å²) in [6, 6.07) is 5.31. The van der Waals surface area contributed by atoms with Crippen LogP contribution in [0.1, 0.15) is 27.2 Å². The smallest absolute Gasteiger partial charge is 0.144 e. The van der Waals surface area contributed by atoms with Crippen molar-refractivity contribution < 1.29 is 4.74 Å². The Kier molecular flexibility index (Phi) is 6.30. The first-order valence-corrected chi connectivity index (χ1v) is 6.88. The molecule has 0 aliphatic carbocycles. The minimum absolute atomic E-state index is 0.131. The second kappa shape index (κ2) is 7.49. The van der Waals surface area contributed by atoms with Crippen LogP contribution in [0.4, 0.5) is 5.69 Å². The van der Waals surface area contributed by atoms with E-state index in [1.165, 1.54) is 0 Å². The van der Waals surface area contributed by atoms with Crippen molar-refractivity contribution in [3.8, 4) is 5.75 Å². The zero-order chi connectivity index (χ0) is 13.5. The molecule has 1 aromatic carbocycles. The Morgan fingerprint density at radius 3 is 2.61 bits per heavy atom. The fraction of sp³-hybridized carbons (Fsp3) is 0.571. The highest BCUT2D eigenvalue weighted by molar-refractivity contribution is 6.30. The summed E-state index contributed by atoms with van der Waals surface area (Å²) in [7, 11) is 0. The van der Waals surface area contributed by atoms with Gasteiger partial charge < -0.3 is 15.4 Å². The summed E-state index contributed by atoms with van der Waals surface area (Å²) >= 11 is 5.93. The van der Waals surface area contributed by atoms with Crippen LogP contribution in [0.25, 0.3) is 0 Å². The molecule has 3 nitrogen and oxygen atoms in total. The van der Waals surface area contributed by atoms with E-state index in [0.717, 1.165) is 26.1 Å². The van der Waals surface area contributed by atoms with E-state index in [9.17, 15) is 0 Å². The number of nitrogens with zero attached hydrogens (tertiary/aromatic N) is 1. The molecular formula is C14H23ClN2O. The summed E-state index contributed by atoms with van der Waals surface area (Å²) in [5, 5.41) is 0.648. The highest BCUT2D eigenvalue weighted by Crippen LogP contribution is 2.26. The summed E-state index contributed by atoms with van der Waals surface area (Å²) in [6.07, 6.45) is 1.11. The summed E-state index contributed by atoms with van der Waals surface area (Å²) in [6.45, 7) is 9.58. The van der Waals surface area contributed by atoms with Crippen molar-refractivity contribution in [1.29, 1.82) is 0 Å². The van der Waals surface area contributed by atoms with E-state index >= 15 is 0 Å². The quantitative estimate of drug-likeness (QED) is 0.772. The van der Waals surface area contributed by atoms with Crippen molar-refractivity contribution in [2.45, 2.75) is 33.3 Å². The number of rotatable bonds is 7. The molecule has 1 rings (SSSR count). The molecule has 18 heavy (non-hydrogen) atoms. The lowest BCUT2D eigenvalue weighted by Crippen LogP contribution is -2.28. The maximum atomic E-state index is 5.93. The fourth-order valence-corrected chi connectivity index (χ4v) is 1.95. The van der Waals surface area contributed by atoms with Gasteiger partial charge in [0.15, 0.2) is 0 Å². The SMILES string of the molecule is CCN(CC)CCC(C)Oc1cc(Cl)ccc1N. The number of ether oxygens (including phenoxy) is 1. The van der Waals surface area contributed by atoms with Gasteiger partial charge in [0.2, 0.25) is 0 Å². The van der Waals surface area contributed by atoms with Gasteiger partial charge in [-0.3, -0.25) is 0 Å². The van der Waals surface area contributed by atoms with E-state index < -0.39 is 0 Å². The molecule has 1 aromatic rings. The first kappa shape index (κ1) is 15.1. The molecule has 2 N–H and O–H groups in total. The third-order valence-electron chi connectivity index (χ3n) is 3.05. The van der Waals surface area contributed by atoms with Crippen molar-refractivity contribution in [2.75, 3.05) is 25.4 Å². The van der Waals surface area contributed by atoms with Crippen molar-refractivity contribution in [1.82, 2.24) is 4.90 Å². The Balaban J connectivity index is 2.48. The second-order valence-corrected chi connectivity index (χ2v) is 4.86. The van der Waals surface area contributed by atoms with Crippen LogP contribution in [0.2, 0.25) is 5.02 Å². The number of hydrogen-bond acceptors (Lipinski definition) is 3. The predicted octanol–water partition coefficient (Wildman–Crippen LogP) is 3.42. The van der Waals surface area contributed by atoms with Crippen LogP contribution in [0.3, 0.4) is 0 Å². The molecular weight excluding hydrogens is 248 g/mol. The molecule has 102 valence electrons. The number of nitrogens with two attached hydrogens (primary N) is 1. The second-order valence-electron chi connectivity index (χ2n) is 4.43. The molecule has 0 radical (unpaired) electrons. The van der Waals surface area contributed by atoms with E-state index in [1.807, 2.05) is 0 Å². The molecule has 0 fully saturated rings. The average molecular weight is 271 g/mol. The van der Waals surface area contributed by atoms with Crippen molar-refractivity contribution in [3.63, 3.8) is 0 Å². The number of nitrogen functional groups attached to an aromatic ring is 1. The first-order valence-electron chi connectivity index (χ1n) is 6.50. The number of hydrogen-bond donors (Lipinski definition) is 1. The van der Waals surface area contributed by atoms with Crippen LogP contribution in [-0.4, -0.2) is 30.6 Å². The van der Waals surface area contributed by atoms with Gasteiger partial charge in [-0.2, -0.15) is 0 Å². The standard InChI is InChI=1S/C14H23ClN2O/c1-4-17(5-2)9-8-11(3)18-14-10-12(15)6-7-13(14)16/h6-7,10-11H,4-5,8-9,16H2,1-3H3. The Morgan fingerprint density at radius 1 is 1.33 bits per heavy atom. The summed E-state index contributed by atoms with van der Waals surface area (Å²) in [5.74, 6) is 0.676. The maximum Gasteiger partial charge on any atom is 0.144 e. The molecule has 0 amide bonds. The zero-order valence-corrected chi connectivity index (χ0v) is 12.2.